The van der Waals surface area contributed by atoms with Crippen LogP contribution in [0.3, 0.4) is 0 Å². The molecule has 5 nitrogen and oxygen atoms in total. The number of halogens is 2. The number of carbonyl (C=O) groups excluding carboxylic acids is 1. The molecule has 112 valence electrons. The number of aromatic nitrogens is 2. The molecule has 0 aliphatic heterocycles. The summed E-state index contributed by atoms with van der Waals surface area (Å²) in [5.74, 6) is -2.04. The van der Waals surface area contributed by atoms with Crippen LogP contribution in [-0.2, 0) is 11.3 Å². The highest BCUT2D eigenvalue weighted by Gasteiger charge is 2.07. The summed E-state index contributed by atoms with van der Waals surface area (Å²) in [6, 6.07) is 4.75. The second kappa shape index (κ2) is 7.37. The van der Waals surface area contributed by atoms with Gasteiger partial charge in [-0.2, -0.15) is 5.10 Å². The molecule has 1 N–H and O–H groups in total. The first-order valence-corrected chi connectivity index (χ1v) is 6.47. The van der Waals surface area contributed by atoms with Crippen molar-refractivity contribution < 1.29 is 18.3 Å². The Balaban J connectivity index is 1.65. The van der Waals surface area contributed by atoms with Gasteiger partial charge in [0.25, 0.3) is 5.91 Å². The summed E-state index contributed by atoms with van der Waals surface area (Å²) in [5.41, 5.74) is 0. The predicted octanol–water partition coefficient (Wildman–Crippen LogP) is 1.75. The van der Waals surface area contributed by atoms with Crippen molar-refractivity contribution in [2.45, 2.75) is 13.0 Å². The van der Waals surface area contributed by atoms with Crippen molar-refractivity contribution in [1.82, 2.24) is 15.1 Å². The van der Waals surface area contributed by atoms with Gasteiger partial charge in [0, 0.05) is 31.5 Å². The van der Waals surface area contributed by atoms with Crippen molar-refractivity contribution in [2.75, 3.05) is 13.2 Å². The maximum absolute atomic E-state index is 13.3. The normalized spacial score (nSPS) is 10.4. The van der Waals surface area contributed by atoms with E-state index in [0.29, 0.717) is 19.2 Å². The summed E-state index contributed by atoms with van der Waals surface area (Å²) in [6.07, 6.45) is 4.24. The quantitative estimate of drug-likeness (QED) is 0.792. The molecule has 1 heterocycles. The summed E-state index contributed by atoms with van der Waals surface area (Å²) in [6.45, 7) is 0.846. The number of amides is 1. The number of ether oxygens (including phenoxy) is 1. The Morgan fingerprint density at radius 1 is 1.38 bits per heavy atom. The standard InChI is InChI=1S/C14H15F2N3O2/c15-11-3-4-13(12(16)9-11)21-10-14(20)17-5-1-7-19-8-2-6-18-19/h2-4,6,8-9H,1,5,7,10H2,(H,17,20). The Hall–Kier alpha value is -2.44. The maximum atomic E-state index is 13.3. The number of carbonyl (C=O) groups is 1. The molecule has 0 aliphatic rings. The van der Waals surface area contributed by atoms with E-state index >= 15 is 0 Å². The van der Waals surface area contributed by atoms with Crippen LogP contribution in [0.25, 0.3) is 0 Å². The van der Waals surface area contributed by atoms with Crippen LogP contribution in [0.15, 0.2) is 36.7 Å². The summed E-state index contributed by atoms with van der Waals surface area (Å²) in [5, 5.41) is 6.68. The van der Waals surface area contributed by atoms with E-state index in [1.807, 2.05) is 12.3 Å². The van der Waals surface area contributed by atoms with Crippen molar-refractivity contribution in [2.24, 2.45) is 0 Å². The maximum Gasteiger partial charge on any atom is 0.257 e. The van der Waals surface area contributed by atoms with Gasteiger partial charge < -0.3 is 10.1 Å². The highest BCUT2D eigenvalue weighted by Crippen LogP contribution is 2.17. The summed E-state index contributed by atoms with van der Waals surface area (Å²) >= 11 is 0. The first-order valence-electron chi connectivity index (χ1n) is 6.47. The zero-order valence-corrected chi connectivity index (χ0v) is 11.3. The van der Waals surface area contributed by atoms with E-state index in [1.54, 1.807) is 10.9 Å². The molecule has 1 aromatic carbocycles. The number of nitrogens with one attached hydrogen (secondary N) is 1. The highest BCUT2D eigenvalue weighted by atomic mass is 19.1. The van der Waals surface area contributed by atoms with Crippen molar-refractivity contribution in [3.63, 3.8) is 0 Å². The van der Waals surface area contributed by atoms with Gasteiger partial charge in [0.1, 0.15) is 5.82 Å². The monoisotopic (exact) mass is 295 g/mol. The number of hydrogen-bond acceptors (Lipinski definition) is 3. The van der Waals surface area contributed by atoms with Crippen LogP contribution < -0.4 is 10.1 Å². The molecule has 0 atom stereocenters. The lowest BCUT2D eigenvalue weighted by atomic mass is 10.3. The molecule has 21 heavy (non-hydrogen) atoms. The lowest BCUT2D eigenvalue weighted by Gasteiger charge is -2.08. The van der Waals surface area contributed by atoms with Gasteiger partial charge in [0.05, 0.1) is 0 Å². The molecule has 1 amide bonds. The van der Waals surface area contributed by atoms with Crippen molar-refractivity contribution in [3.8, 4) is 5.75 Å². The minimum Gasteiger partial charge on any atom is -0.481 e. The van der Waals surface area contributed by atoms with E-state index in [2.05, 4.69) is 10.4 Å². The summed E-state index contributed by atoms with van der Waals surface area (Å²) in [4.78, 5) is 11.5. The number of hydrogen-bond donors (Lipinski definition) is 1. The smallest absolute Gasteiger partial charge is 0.257 e. The average molecular weight is 295 g/mol. The second-order valence-corrected chi connectivity index (χ2v) is 4.34. The lowest BCUT2D eigenvalue weighted by Crippen LogP contribution is -2.30. The van der Waals surface area contributed by atoms with Crippen LogP contribution in [-0.4, -0.2) is 28.8 Å². The topological polar surface area (TPSA) is 56.1 Å². The van der Waals surface area contributed by atoms with Crippen LogP contribution in [0.5, 0.6) is 5.75 Å². The number of nitrogens with zero attached hydrogens (tertiary/aromatic N) is 2. The number of rotatable bonds is 7. The summed E-state index contributed by atoms with van der Waals surface area (Å²) < 4.78 is 32.7. The molecular weight excluding hydrogens is 280 g/mol. The third-order valence-electron chi connectivity index (χ3n) is 2.70. The van der Waals surface area contributed by atoms with E-state index in [1.165, 1.54) is 0 Å². The lowest BCUT2D eigenvalue weighted by molar-refractivity contribution is -0.123. The first-order chi connectivity index (χ1) is 10.1. The first kappa shape index (κ1) is 15.0. The van der Waals surface area contributed by atoms with Gasteiger partial charge in [-0.1, -0.05) is 0 Å². The predicted molar refractivity (Wildman–Crippen MR) is 71.7 cm³/mol. The molecule has 2 rings (SSSR count). The SMILES string of the molecule is O=C(COc1ccc(F)cc1F)NCCCn1cccn1. The molecule has 0 unspecified atom stereocenters. The fourth-order valence-electron chi connectivity index (χ4n) is 1.69. The minimum absolute atomic E-state index is 0.150. The molecular formula is C14H15F2N3O2. The van der Waals surface area contributed by atoms with E-state index < -0.39 is 11.6 Å². The molecule has 0 saturated heterocycles. The van der Waals surface area contributed by atoms with E-state index in [4.69, 9.17) is 4.74 Å². The van der Waals surface area contributed by atoms with Gasteiger partial charge in [-0.3, -0.25) is 9.48 Å². The number of benzene rings is 1. The van der Waals surface area contributed by atoms with Gasteiger partial charge in [-0.15, -0.1) is 0 Å². The van der Waals surface area contributed by atoms with Crippen LogP contribution in [0.2, 0.25) is 0 Å². The van der Waals surface area contributed by atoms with E-state index in [9.17, 15) is 13.6 Å². The summed E-state index contributed by atoms with van der Waals surface area (Å²) in [7, 11) is 0. The van der Waals surface area contributed by atoms with Gasteiger partial charge in [0.2, 0.25) is 0 Å². The average Bonchev–Trinajstić information content (AvgIpc) is 2.96. The minimum atomic E-state index is -0.832. The van der Waals surface area contributed by atoms with Gasteiger partial charge in [0.15, 0.2) is 18.2 Å². The molecule has 0 fully saturated rings. The third kappa shape index (κ3) is 4.87. The Morgan fingerprint density at radius 2 is 2.24 bits per heavy atom. The van der Waals surface area contributed by atoms with Crippen molar-refractivity contribution in [3.05, 3.63) is 48.3 Å². The van der Waals surface area contributed by atoms with Crippen LogP contribution in [0.4, 0.5) is 8.78 Å². The third-order valence-corrected chi connectivity index (χ3v) is 2.70. The molecule has 1 aromatic heterocycles. The fraction of sp³-hybridized carbons (Fsp3) is 0.286. The van der Waals surface area contributed by atoms with Gasteiger partial charge in [-0.05, 0) is 24.6 Å². The molecule has 2 aromatic rings. The van der Waals surface area contributed by atoms with E-state index in [-0.39, 0.29) is 18.3 Å². The van der Waals surface area contributed by atoms with Crippen molar-refractivity contribution >= 4 is 5.91 Å². The molecule has 7 heteroatoms. The number of aryl methyl sites for hydroxylation is 1. The zero-order valence-electron chi connectivity index (χ0n) is 11.3. The molecule has 0 radical (unpaired) electrons. The molecule has 0 aliphatic carbocycles. The second-order valence-electron chi connectivity index (χ2n) is 4.34. The van der Waals surface area contributed by atoms with Crippen molar-refractivity contribution in [1.29, 1.82) is 0 Å². The fourth-order valence-corrected chi connectivity index (χ4v) is 1.69. The van der Waals surface area contributed by atoms with Gasteiger partial charge in [-0.25, -0.2) is 8.78 Å². The Bertz CT molecular complexity index is 588. The molecule has 0 bridgehead atoms. The Labute approximate surface area is 120 Å². The van der Waals surface area contributed by atoms with Crippen LogP contribution in [0, 0.1) is 11.6 Å². The van der Waals surface area contributed by atoms with Crippen LogP contribution in [0.1, 0.15) is 6.42 Å². The Morgan fingerprint density at radius 3 is 2.95 bits per heavy atom. The van der Waals surface area contributed by atoms with Gasteiger partial charge >= 0.3 is 0 Å². The van der Waals surface area contributed by atoms with E-state index in [0.717, 1.165) is 18.6 Å². The van der Waals surface area contributed by atoms with Crippen LogP contribution >= 0.6 is 0 Å². The zero-order chi connectivity index (χ0) is 15.1. The highest BCUT2D eigenvalue weighted by molar-refractivity contribution is 5.77. The molecule has 0 spiro atoms. The molecule has 0 saturated carbocycles. The largest absolute Gasteiger partial charge is 0.481 e. The Kier molecular flexibility index (Phi) is 5.25.